The number of aromatic amines is 1. The van der Waals surface area contributed by atoms with Gasteiger partial charge in [-0.2, -0.15) is 5.10 Å². The normalized spacial score (nSPS) is 12.1. The SMILES string of the molecule is Cc1ccc(F)c(NC(=O)[C@@H](C)n2c(-c3cccs3)n[nH]c2=S)c1. The van der Waals surface area contributed by atoms with Crippen molar-refractivity contribution in [2.24, 2.45) is 0 Å². The van der Waals surface area contributed by atoms with E-state index in [2.05, 4.69) is 15.5 Å². The van der Waals surface area contributed by atoms with E-state index >= 15 is 0 Å². The highest BCUT2D eigenvalue weighted by atomic mass is 32.1. The number of nitrogens with one attached hydrogen (secondary N) is 2. The van der Waals surface area contributed by atoms with Crippen LogP contribution in [0.4, 0.5) is 10.1 Å². The quantitative estimate of drug-likeness (QED) is 0.680. The monoisotopic (exact) mass is 362 g/mol. The first-order chi connectivity index (χ1) is 11.5. The van der Waals surface area contributed by atoms with Crippen LogP contribution in [-0.2, 0) is 4.79 Å². The number of aryl methyl sites for hydroxylation is 1. The van der Waals surface area contributed by atoms with E-state index in [0.717, 1.165) is 10.4 Å². The zero-order chi connectivity index (χ0) is 17.3. The van der Waals surface area contributed by atoms with E-state index in [1.165, 1.54) is 17.4 Å². The van der Waals surface area contributed by atoms with E-state index in [9.17, 15) is 9.18 Å². The number of carbonyl (C=O) groups is 1. The topological polar surface area (TPSA) is 62.7 Å². The Balaban J connectivity index is 1.91. The molecule has 5 nitrogen and oxygen atoms in total. The summed E-state index contributed by atoms with van der Waals surface area (Å²) in [6, 6.07) is 7.72. The van der Waals surface area contributed by atoms with Gasteiger partial charge in [0.05, 0.1) is 10.6 Å². The van der Waals surface area contributed by atoms with Gasteiger partial charge in [0.1, 0.15) is 11.9 Å². The van der Waals surface area contributed by atoms with E-state index in [1.807, 2.05) is 24.4 Å². The van der Waals surface area contributed by atoms with E-state index < -0.39 is 11.9 Å². The van der Waals surface area contributed by atoms with Gasteiger partial charge in [-0.25, -0.2) is 4.39 Å². The van der Waals surface area contributed by atoms with Crippen molar-refractivity contribution in [2.45, 2.75) is 19.9 Å². The summed E-state index contributed by atoms with van der Waals surface area (Å²) in [5.41, 5.74) is 1.01. The lowest BCUT2D eigenvalue weighted by atomic mass is 10.2. The van der Waals surface area contributed by atoms with Gasteiger partial charge >= 0.3 is 0 Å². The van der Waals surface area contributed by atoms with Gasteiger partial charge in [-0.15, -0.1) is 11.3 Å². The smallest absolute Gasteiger partial charge is 0.247 e. The summed E-state index contributed by atoms with van der Waals surface area (Å²) in [5.74, 6) is -0.257. The van der Waals surface area contributed by atoms with E-state index in [4.69, 9.17) is 12.2 Å². The van der Waals surface area contributed by atoms with Gasteiger partial charge in [-0.3, -0.25) is 14.5 Å². The van der Waals surface area contributed by atoms with Crippen molar-refractivity contribution in [1.29, 1.82) is 0 Å². The second kappa shape index (κ2) is 6.66. The van der Waals surface area contributed by atoms with Crippen LogP contribution < -0.4 is 5.32 Å². The minimum Gasteiger partial charge on any atom is -0.322 e. The zero-order valence-corrected chi connectivity index (χ0v) is 14.7. The summed E-state index contributed by atoms with van der Waals surface area (Å²) in [6.07, 6.45) is 0. The molecule has 2 N–H and O–H groups in total. The first-order valence-electron chi connectivity index (χ1n) is 7.25. The fourth-order valence-electron chi connectivity index (χ4n) is 2.33. The largest absolute Gasteiger partial charge is 0.322 e. The second-order valence-electron chi connectivity index (χ2n) is 5.35. The van der Waals surface area contributed by atoms with Gasteiger partial charge in [0.15, 0.2) is 10.6 Å². The molecular weight excluding hydrogens is 347 g/mol. The Kier molecular flexibility index (Phi) is 4.59. The molecule has 0 aliphatic rings. The summed E-state index contributed by atoms with van der Waals surface area (Å²) in [7, 11) is 0. The maximum Gasteiger partial charge on any atom is 0.247 e. The van der Waals surface area contributed by atoms with Crippen LogP contribution in [0.3, 0.4) is 0 Å². The van der Waals surface area contributed by atoms with Crippen LogP contribution in [0.25, 0.3) is 10.7 Å². The Morgan fingerprint density at radius 1 is 1.46 bits per heavy atom. The zero-order valence-electron chi connectivity index (χ0n) is 13.0. The summed E-state index contributed by atoms with van der Waals surface area (Å²) in [6.45, 7) is 3.53. The molecule has 1 atom stereocenters. The Morgan fingerprint density at radius 2 is 2.25 bits per heavy atom. The summed E-state index contributed by atoms with van der Waals surface area (Å²) in [4.78, 5) is 13.5. The highest BCUT2D eigenvalue weighted by Crippen LogP contribution is 2.26. The van der Waals surface area contributed by atoms with Crippen LogP contribution in [0.15, 0.2) is 35.7 Å². The number of rotatable bonds is 4. The molecule has 8 heteroatoms. The molecule has 0 unspecified atom stereocenters. The van der Waals surface area contributed by atoms with Crippen molar-refractivity contribution in [3.8, 4) is 10.7 Å². The van der Waals surface area contributed by atoms with Gasteiger partial charge in [-0.05, 0) is 55.2 Å². The number of benzene rings is 1. The first-order valence-corrected chi connectivity index (χ1v) is 8.54. The standard InChI is InChI=1S/C16H15FN4OS2/c1-9-5-6-11(17)12(8-9)18-15(22)10(2)21-14(19-20-16(21)23)13-4-3-7-24-13/h3-8,10H,1-2H3,(H,18,22)(H,20,23)/t10-/m1/s1. The highest BCUT2D eigenvalue weighted by Gasteiger charge is 2.22. The van der Waals surface area contributed by atoms with Crippen LogP contribution >= 0.6 is 23.6 Å². The molecule has 0 saturated carbocycles. The van der Waals surface area contributed by atoms with Crippen LogP contribution in [0.5, 0.6) is 0 Å². The van der Waals surface area contributed by atoms with Crippen LogP contribution in [0.2, 0.25) is 0 Å². The van der Waals surface area contributed by atoms with Crippen molar-refractivity contribution < 1.29 is 9.18 Å². The lowest BCUT2D eigenvalue weighted by molar-refractivity contribution is -0.118. The summed E-state index contributed by atoms with van der Waals surface area (Å²) in [5, 5.41) is 11.5. The van der Waals surface area contributed by atoms with Crippen molar-refractivity contribution in [3.05, 3.63) is 51.9 Å². The third kappa shape index (κ3) is 3.15. The highest BCUT2D eigenvalue weighted by molar-refractivity contribution is 7.71. The third-order valence-electron chi connectivity index (χ3n) is 3.59. The molecular formula is C16H15FN4OS2. The molecule has 1 aromatic carbocycles. The molecule has 1 amide bonds. The molecule has 0 aliphatic heterocycles. The maximum atomic E-state index is 13.9. The molecule has 0 spiro atoms. The fraction of sp³-hybridized carbons (Fsp3) is 0.188. The van der Waals surface area contributed by atoms with Gasteiger partial charge < -0.3 is 5.32 Å². The lowest BCUT2D eigenvalue weighted by Gasteiger charge is -2.16. The number of anilines is 1. The van der Waals surface area contributed by atoms with Gasteiger partial charge in [-0.1, -0.05) is 12.1 Å². The molecule has 0 fully saturated rings. The number of hydrogen-bond donors (Lipinski definition) is 2. The first kappa shape index (κ1) is 16.5. The van der Waals surface area contributed by atoms with Crippen LogP contribution in [0, 0.1) is 17.5 Å². The number of hydrogen-bond acceptors (Lipinski definition) is 4. The van der Waals surface area contributed by atoms with Crippen molar-refractivity contribution in [1.82, 2.24) is 14.8 Å². The molecule has 0 bridgehead atoms. The molecule has 3 aromatic rings. The van der Waals surface area contributed by atoms with E-state index in [0.29, 0.717) is 10.6 Å². The molecule has 0 aliphatic carbocycles. The van der Waals surface area contributed by atoms with Crippen molar-refractivity contribution in [3.63, 3.8) is 0 Å². The van der Waals surface area contributed by atoms with Gasteiger partial charge in [0.25, 0.3) is 0 Å². The van der Waals surface area contributed by atoms with Gasteiger partial charge in [0.2, 0.25) is 5.91 Å². The molecule has 0 saturated heterocycles. The average Bonchev–Trinajstić information content (AvgIpc) is 3.19. The Morgan fingerprint density at radius 3 is 2.96 bits per heavy atom. The average molecular weight is 362 g/mol. The maximum absolute atomic E-state index is 13.9. The molecule has 2 aromatic heterocycles. The number of thiophene rings is 1. The number of H-pyrrole nitrogens is 1. The van der Waals surface area contributed by atoms with Crippen molar-refractivity contribution >= 4 is 35.1 Å². The van der Waals surface area contributed by atoms with Crippen LogP contribution in [-0.4, -0.2) is 20.7 Å². The summed E-state index contributed by atoms with van der Waals surface area (Å²) >= 11 is 6.75. The number of nitrogens with zero attached hydrogens (tertiary/aromatic N) is 2. The minimum absolute atomic E-state index is 0.152. The number of amides is 1. The molecule has 2 heterocycles. The molecule has 3 rings (SSSR count). The predicted molar refractivity (Wildman–Crippen MR) is 95.2 cm³/mol. The molecule has 24 heavy (non-hydrogen) atoms. The van der Waals surface area contributed by atoms with E-state index in [-0.39, 0.29) is 11.6 Å². The lowest BCUT2D eigenvalue weighted by Crippen LogP contribution is -2.24. The third-order valence-corrected chi connectivity index (χ3v) is 4.75. The minimum atomic E-state index is -0.645. The Labute approximate surface area is 147 Å². The number of carbonyl (C=O) groups excluding carboxylic acids is 1. The summed E-state index contributed by atoms with van der Waals surface area (Å²) < 4.78 is 15.8. The number of aromatic nitrogens is 3. The van der Waals surface area contributed by atoms with E-state index in [1.54, 1.807) is 23.6 Å². The van der Waals surface area contributed by atoms with Crippen LogP contribution in [0.1, 0.15) is 18.5 Å². The fourth-order valence-corrected chi connectivity index (χ4v) is 3.33. The molecule has 0 radical (unpaired) electrons. The Hall–Kier alpha value is -2.32. The Bertz CT molecular complexity index is 930. The van der Waals surface area contributed by atoms with Gasteiger partial charge in [0, 0.05) is 0 Å². The predicted octanol–water partition coefficient (Wildman–Crippen LogP) is 4.32. The number of halogens is 1. The second-order valence-corrected chi connectivity index (χ2v) is 6.68. The molecule has 124 valence electrons. The van der Waals surface area contributed by atoms with Crippen molar-refractivity contribution in [2.75, 3.05) is 5.32 Å².